The van der Waals surface area contributed by atoms with Gasteiger partial charge in [-0.1, -0.05) is 0 Å². The summed E-state index contributed by atoms with van der Waals surface area (Å²) >= 11 is 4.70. The first kappa shape index (κ1) is 16.3. The molecule has 0 unspecified atom stereocenters. The molecular weight excluding hydrogens is 406 g/mol. The van der Waals surface area contributed by atoms with Crippen LogP contribution in [0.5, 0.6) is 11.5 Å². The Morgan fingerprint density at radius 2 is 1.83 bits per heavy atom. The lowest BCUT2D eigenvalue weighted by Crippen LogP contribution is -2.29. The second kappa shape index (κ2) is 5.81. The highest BCUT2D eigenvalue weighted by atomic mass is 79.9. The van der Waals surface area contributed by atoms with Crippen LogP contribution in [0.2, 0.25) is 0 Å². The van der Waals surface area contributed by atoms with Gasteiger partial charge in [-0.2, -0.15) is 0 Å². The molecule has 0 spiro atoms. The smallest absolute Gasteiger partial charge is 0.269 e. The van der Waals surface area contributed by atoms with Crippen LogP contribution in [0.4, 0.5) is 0 Å². The first-order valence-corrected chi connectivity index (χ1v) is 9.50. The van der Waals surface area contributed by atoms with E-state index in [0.717, 1.165) is 13.0 Å². The van der Waals surface area contributed by atoms with Crippen LogP contribution in [0.1, 0.15) is 15.2 Å². The van der Waals surface area contributed by atoms with E-state index in [2.05, 4.69) is 15.9 Å². The Hall–Kier alpha value is -1.58. The average Bonchev–Trinajstić information content (AvgIpc) is 3.01. The number of hydrogen-bond donors (Lipinski definition) is 0. The van der Waals surface area contributed by atoms with Crippen LogP contribution in [0.3, 0.4) is 0 Å². The van der Waals surface area contributed by atoms with Gasteiger partial charge in [0.15, 0.2) is 11.5 Å². The fraction of sp³-hybridized carbons (Fsp3) is 0.214. The summed E-state index contributed by atoms with van der Waals surface area (Å²) in [5.74, 6) is 0.0179. The molecule has 0 N–H and O–H groups in total. The van der Waals surface area contributed by atoms with Crippen LogP contribution in [-0.4, -0.2) is 32.8 Å². The van der Waals surface area contributed by atoms with Gasteiger partial charge in [-0.3, -0.25) is 4.79 Å². The normalized spacial score (nSPS) is 15.6. The fourth-order valence-electron chi connectivity index (χ4n) is 2.34. The predicted molar refractivity (Wildman–Crippen MR) is 88.6 cm³/mol. The lowest BCUT2D eigenvalue weighted by atomic mass is 10.2. The summed E-state index contributed by atoms with van der Waals surface area (Å²) < 4.78 is 37.4. The van der Waals surface area contributed by atoms with Gasteiger partial charge < -0.3 is 9.47 Å². The molecular formula is C14H12BrNO5S2. The minimum atomic E-state index is -3.90. The highest BCUT2D eigenvalue weighted by molar-refractivity contribution is 9.11. The summed E-state index contributed by atoms with van der Waals surface area (Å²) in [4.78, 5) is 13.2. The van der Waals surface area contributed by atoms with Gasteiger partial charge in [0.05, 0.1) is 30.1 Å². The van der Waals surface area contributed by atoms with E-state index in [9.17, 15) is 13.2 Å². The summed E-state index contributed by atoms with van der Waals surface area (Å²) in [6.07, 6.45) is 0. The van der Waals surface area contributed by atoms with E-state index in [1.54, 1.807) is 6.07 Å². The number of fused-ring (bicyclic) bond motifs is 1. The minimum Gasteiger partial charge on any atom is -0.493 e. The van der Waals surface area contributed by atoms with Crippen molar-refractivity contribution in [3.63, 3.8) is 0 Å². The minimum absolute atomic E-state index is 0.00323. The number of rotatable bonds is 4. The predicted octanol–water partition coefficient (Wildman–Crippen LogP) is 2.87. The fourth-order valence-corrected chi connectivity index (χ4v) is 5.44. The van der Waals surface area contributed by atoms with Crippen LogP contribution in [-0.2, 0) is 16.6 Å². The molecule has 1 aliphatic rings. The van der Waals surface area contributed by atoms with Gasteiger partial charge in [-0.05, 0) is 34.1 Å². The number of benzene rings is 1. The SMILES string of the molecule is COc1cc2c(cc1OC)S(=O)(=O)N(Cc1ccc(Br)s1)C2=O. The second-order valence-electron chi connectivity index (χ2n) is 4.73. The quantitative estimate of drug-likeness (QED) is 0.764. The summed E-state index contributed by atoms with van der Waals surface area (Å²) in [6, 6.07) is 6.32. The largest absolute Gasteiger partial charge is 0.493 e. The Bertz CT molecular complexity index is 891. The van der Waals surface area contributed by atoms with Gasteiger partial charge >= 0.3 is 0 Å². The number of carbonyl (C=O) groups excluding carboxylic acids is 1. The molecule has 0 bridgehead atoms. The molecule has 0 saturated carbocycles. The van der Waals surface area contributed by atoms with E-state index in [4.69, 9.17) is 9.47 Å². The van der Waals surface area contributed by atoms with Gasteiger partial charge in [0.1, 0.15) is 4.90 Å². The Labute approximate surface area is 145 Å². The van der Waals surface area contributed by atoms with Crippen molar-refractivity contribution in [1.29, 1.82) is 0 Å². The zero-order chi connectivity index (χ0) is 16.8. The van der Waals surface area contributed by atoms with Crippen LogP contribution in [0.25, 0.3) is 0 Å². The zero-order valence-corrected chi connectivity index (χ0v) is 15.4. The second-order valence-corrected chi connectivity index (χ2v) is 9.10. The van der Waals surface area contributed by atoms with Crippen LogP contribution < -0.4 is 9.47 Å². The van der Waals surface area contributed by atoms with Crippen molar-refractivity contribution >= 4 is 43.2 Å². The number of halogens is 1. The van der Waals surface area contributed by atoms with E-state index < -0.39 is 15.9 Å². The molecule has 122 valence electrons. The monoisotopic (exact) mass is 417 g/mol. The molecule has 0 saturated heterocycles. The molecule has 0 aliphatic carbocycles. The zero-order valence-electron chi connectivity index (χ0n) is 12.2. The maximum Gasteiger partial charge on any atom is 0.269 e. The Morgan fingerprint density at radius 3 is 2.39 bits per heavy atom. The molecule has 9 heteroatoms. The van der Waals surface area contributed by atoms with Crippen molar-refractivity contribution < 1.29 is 22.7 Å². The molecule has 23 heavy (non-hydrogen) atoms. The number of amides is 1. The first-order valence-electron chi connectivity index (χ1n) is 6.45. The van der Waals surface area contributed by atoms with Crippen LogP contribution >= 0.6 is 27.3 Å². The van der Waals surface area contributed by atoms with E-state index in [0.29, 0.717) is 5.75 Å². The number of thiophene rings is 1. The third kappa shape index (κ3) is 2.62. The molecule has 1 amide bonds. The van der Waals surface area contributed by atoms with Crippen molar-refractivity contribution in [1.82, 2.24) is 4.31 Å². The number of nitrogens with zero attached hydrogens (tertiary/aromatic N) is 1. The summed E-state index contributed by atoms with van der Waals surface area (Å²) in [5, 5.41) is 0. The molecule has 2 heterocycles. The van der Waals surface area contributed by atoms with E-state index in [1.807, 2.05) is 6.07 Å². The van der Waals surface area contributed by atoms with Crippen molar-refractivity contribution in [3.8, 4) is 11.5 Å². The van der Waals surface area contributed by atoms with Crippen molar-refractivity contribution in [2.75, 3.05) is 14.2 Å². The van der Waals surface area contributed by atoms with Gasteiger partial charge in [0.25, 0.3) is 15.9 Å². The van der Waals surface area contributed by atoms with E-state index in [1.165, 1.54) is 37.7 Å². The maximum absolute atomic E-state index is 12.7. The van der Waals surface area contributed by atoms with Crippen molar-refractivity contribution in [2.24, 2.45) is 0 Å². The van der Waals surface area contributed by atoms with Crippen LogP contribution in [0, 0.1) is 0 Å². The molecule has 3 rings (SSSR count). The van der Waals surface area contributed by atoms with Gasteiger partial charge in [-0.15, -0.1) is 11.3 Å². The number of sulfonamides is 1. The van der Waals surface area contributed by atoms with Gasteiger partial charge in [0, 0.05) is 10.9 Å². The van der Waals surface area contributed by atoms with E-state index >= 15 is 0 Å². The lowest BCUT2D eigenvalue weighted by Gasteiger charge is -2.13. The highest BCUT2D eigenvalue weighted by Crippen LogP contribution is 2.39. The van der Waals surface area contributed by atoms with E-state index in [-0.39, 0.29) is 22.8 Å². The third-order valence-corrected chi connectivity index (χ3v) is 6.82. The summed E-state index contributed by atoms with van der Waals surface area (Å²) in [5.41, 5.74) is 0.0956. The topological polar surface area (TPSA) is 72.9 Å². The Balaban J connectivity index is 2.07. The first-order chi connectivity index (χ1) is 10.9. The standard InChI is InChI=1S/C14H12BrNO5S2/c1-20-10-5-9-12(6-11(10)21-2)23(18,19)16(14(9)17)7-8-3-4-13(15)22-8/h3-6H,7H2,1-2H3. The molecule has 0 fully saturated rings. The van der Waals surface area contributed by atoms with Crippen molar-refractivity contribution in [2.45, 2.75) is 11.4 Å². The highest BCUT2D eigenvalue weighted by Gasteiger charge is 2.42. The van der Waals surface area contributed by atoms with Crippen molar-refractivity contribution in [3.05, 3.63) is 38.5 Å². The molecule has 1 aromatic heterocycles. The lowest BCUT2D eigenvalue weighted by molar-refractivity contribution is 0.0865. The Kier molecular flexibility index (Phi) is 4.11. The summed E-state index contributed by atoms with van der Waals surface area (Å²) in [7, 11) is -1.06. The third-order valence-electron chi connectivity index (χ3n) is 3.44. The molecule has 0 atom stereocenters. The average molecular weight is 418 g/mol. The summed E-state index contributed by atoms with van der Waals surface area (Å²) in [6.45, 7) is -0.00323. The molecule has 2 aromatic rings. The molecule has 0 radical (unpaired) electrons. The number of carbonyl (C=O) groups is 1. The molecule has 1 aromatic carbocycles. The number of hydrogen-bond acceptors (Lipinski definition) is 6. The maximum atomic E-state index is 12.7. The number of methoxy groups -OCH3 is 2. The van der Waals surface area contributed by atoms with Crippen LogP contribution in [0.15, 0.2) is 32.9 Å². The molecule has 6 nitrogen and oxygen atoms in total. The number of ether oxygens (including phenoxy) is 2. The Morgan fingerprint density at radius 1 is 1.17 bits per heavy atom. The van der Waals surface area contributed by atoms with Gasteiger partial charge in [0.2, 0.25) is 0 Å². The molecule has 1 aliphatic heterocycles. The van der Waals surface area contributed by atoms with Gasteiger partial charge in [-0.25, -0.2) is 12.7 Å².